The van der Waals surface area contributed by atoms with Crippen LogP contribution in [0.2, 0.25) is 5.02 Å². The summed E-state index contributed by atoms with van der Waals surface area (Å²) >= 11 is 6.02. The molecule has 146 valence electrons. The second kappa shape index (κ2) is 12.3. The summed E-state index contributed by atoms with van der Waals surface area (Å²) in [6, 6.07) is 16.1. The summed E-state index contributed by atoms with van der Waals surface area (Å²) in [5.41, 5.74) is 3.43. The molecule has 0 atom stereocenters. The van der Waals surface area contributed by atoms with Gasteiger partial charge in [0.1, 0.15) is 0 Å². The molecule has 0 aromatic heterocycles. The summed E-state index contributed by atoms with van der Waals surface area (Å²) < 4.78 is 10.9. The summed E-state index contributed by atoms with van der Waals surface area (Å²) in [7, 11) is 1.76. The summed E-state index contributed by atoms with van der Waals surface area (Å²) in [4.78, 5) is 4.26. The molecule has 0 aliphatic rings. The molecule has 0 fully saturated rings. The lowest BCUT2D eigenvalue weighted by molar-refractivity contribution is 0.0453. The molecule has 0 bridgehead atoms. The normalized spacial score (nSPS) is 11.4. The molecular weight excluding hydrogens is 362 g/mol. The van der Waals surface area contributed by atoms with Gasteiger partial charge in [0.2, 0.25) is 0 Å². The van der Waals surface area contributed by atoms with Gasteiger partial charge in [-0.05, 0) is 35.7 Å². The molecule has 6 heteroatoms. The lowest BCUT2D eigenvalue weighted by atomic mass is 10.1. The van der Waals surface area contributed by atoms with Crippen molar-refractivity contribution in [2.75, 3.05) is 26.9 Å². The molecule has 0 saturated carbocycles. The van der Waals surface area contributed by atoms with Gasteiger partial charge < -0.3 is 20.1 Å². The molecule has 2 N–H and O–H groups in total. The Balaban J connectivity index is 1.77. The summed E-state index contributed by atoms with van der Waals surface area (Å²) in [5, 5.41) is 7.35. The van der Waals surface area contributed by atoms with E-state index in [9.17, 15) is 0 Å². The topological polar surface area (TPSA) is 54.9 Å². The van der Waals surface area contributed by atoms with Gasteiger partial charge in [-0.3, -0.25) is 4.99 Å². The third-order valence-electron chi connectivity index (χ3n) is 3.87. The summed E-state index contributed by atoms with van der Waals surface area (Å²) in [6.45, 7) is 5.87. The van der Waals surface area contributed by atoms with E-state index in [-0.39, 0.29) is 0 Å². The van der Waals surface area contributed by atoms with Crippen molar-refractivity contribution < 1.29 is 9.47 Å². The largest absolute Gasteiger partial charge is 0.379 e. The van der Waals surface area contributed by atoms with Gasteiger partial charge in [0.25, 0.3) is 0 Å². The van der Waals surface area contributed by atoms with Gasteiger partial charge in [-0.1, -0.05) is 48.0 Å². The molecule has 0 radical (unpaired) electrons. The Kier molecular flexibility index (Phi) is 9.69. The average molecular weight is 390 g/mol. The van der Waals surface area contributed by atoms with E-state index in [1.54, 1.807) is 7.05 Å². The van der Waals surface area contributed by atoms with Crippen molar-refractivity contribution in [3.8, 4) is 0 Å². The highest BCUT2D eigenvalue weighted by atomic mass is 35.5. The maximum atomic E-state index is 6.02. The van der Waals surface area contributed by atoms with Crippen LogP contribution in [-0.4, -0.2) is 32.8 Å². The van der Waals surface area contributed by atoms with Gasteiger partial charge in [0, 0.05) is 31.8 Å². The number of aliphatic imine (C=N–C) groups is 1. The zero-order valence-electron chi connectivity index (χ0n) is 16.0. The predicted octanol–water partition coefficient (Wildman–Crippen LogP) is 3.76. The fourth-order valence-corrected chi connectivity index (χ4v) is 2.73. The van der Waals surface area contributed by atoms with Crippen molar-refractivity contribution in [2.45, 2.75) is 26.6 Å². The lowest BCUT2D eigenvalue weighted by Crippen LogP contribution is -2.36. The third-order valence-corrected chi connectivity index (χ3v) is 4.10. The Morgan fingerprint density at radius 2 is 1.56 bits per heavy atom. The first-order valence-electron chi connectivity index (χ1n) is 9.13. The highest BCUT2D eigenvalue weighted by Gasteiger charge is 2.01. The van der Waals surface area contributed by atoms with Gasteiger partial charge in [0.05, 0.1) is 19.8 Å². The molecule has 0 aliphatic heterocycles. The van der Waals surface area contributed by atoms with Crippen molar-refractivity contribution in [3.05, 3.63) is 70.2 Å². The first kappa shape index (κ1) is 21.2. The Bertz CT molecular complexity index is 722. The van der Waals surface area contributed by atoms with Crippen molar-refractivity contribution in [1.29, 1.82) is 0 Å². The van der Waals surface area contributed by atoms with Crippen LogP contribution in [0.15, 0.2) is 53.5 Å². The predicted molar refractivity (Wildman–Crippen MR) is 111 cm³/mol. The minimum absolute atomic E-state index is 0.586. The number of benzene rings is 2. The van der Waals surface area contributed by atoms with Crippen LogP contribution in [0.1, 0.15) is 23.6 Å². The van der Waals surface area contributed by atoms with Gasteiger partial charge in [-0.25, -0.2) is 0 Å². The first-order valence-corrected chi connectivity index (χ1v) is 9.51. The monoisotopic (exact) mass is 389 g/mol. The molecule has 0 heterocycles. The molecule has 2 aromatic carbocycles. The second-order valence-corrected chi connectivity index (χ2v) is 6.42. The highest BCUT2D eigenvalue weighted by molar-refractivity contribution is 6.30. The number of hydrogen-bond donors (Lipinski definition) is 2. The minimum atomic E-state index is 0.586. The van der Waals surface area contributed by atoms with Crippen LogP contribution in [0.3, 0.4) is 0 Å². The number of ether oxygens (including phenoxy) is 2. The van der Waals surface area contributed by atoms with Gasteiger partial charge in [-0.15, -0.1) is 0 Å². The van der Waals surface area contributed by atoms with E-state index in [0.717, 1.165) is 28.7 Å². The third kappa shape index (κ3) is 8.43. The maximum absolute atomic E-state index is 6.02. The van der Waals surface area contributed by atoms with Crippen LogP contribution < -0.4 is 10.6 Å². The lowest BCUT2D eigenvalue weighted by Gasteiger charge is -2.13. The molecule has 0 aliphatic carbocycles. The Hall–Kier alpha value is -2.08. The van der Waals surface area contributed by atoms with E-state index in [2.05, 4.69) is 33.8 Å². The van der Waals surface area contributed by atoms with E-state index < -0.39 is 0 Å². The van der Waals surface area contributed by atoms with E-state index in [0.29, 0.717) is 32.9 Å². The molecule has 0 amide bonds. The van der Waals surface area contributed by atoms with Crippen LogP contribution in [-0.2, 0) is 29.2 Å². The fraction of sp³-hybridized carbons (Fsp3) is 0.381. The number of rotatable bonds is 10. The Morgan fingerprint density at radius 1 is 0.926 bits per heavy atom. The van der Waals surface area contributed by atoms with Crippen molar-refractivity contribution in [2.24, 2.45) is 4.99 Å². The van der Waals surface area contributed by atoms with Crippen molar-refractivity contribution in [1.82, 2.24) is 10.6 Å². The number of hydrogen-bond acceptors (Lipinski definition) is 3. The zero-order chi connectivity index (χ0) is 19.3. The molecule has 0 saturated heterocycles. The van der Waals surface area contributed by atoms with Crippen LogP contribution >= 0.6 is 11.6 Å². The van der Waals surface area contributed by atoms with Crippen molar-refractivity contribution in [3.63, 3.8) is 0 Å². The second-order valence-electron chi connectivity index (χ2n) is 5.98. The Labute approximate surface area is 166 Å². The average Bonchev–Trinajstić information content (AvgIpc) is 2.68. The zero-order valence-corrected chi connectivity index (χ0v) is 16.8. The van der Waals surface area contributed by atoms with E-state index >= 15 is 0 Å². The van der Waals surface area contributed by atoms with E-state index in [1.807, 2.05) is 37.3 Å². The van der Waals surface area contributed by atoms with Crippen LogP contribution in [0, 0.1) is 0 Å². The molecule has 5 nitrogen and oxygen atoms in total. The smallest absolute Gasteiger partial charge is 0.191 e. The minimum Gasteiger partial charge on any atom is -0.379 e. The maximum Gasteiger partial charge on any atom is 0.191 e. The van der Waals surface area contributed by atoms with Gasteiger partial charge in [-0.2, -0.15) is 0 Å². The SMILES string of the molecule is CCOCCOCc1cccc(CNC(=NC)NCc2cccc(Cl)c2)c1. The molecule has 0 unspecified atom stereocenters. The highest BCUT2D eigenvalue weighted by Crippen LogP contribution is 2.10. The fourth-order valence-electron chi connectivity index (χ4n) is 2.52. The number of nitrogens with zero attached hydrogens (tertiary/aromatic N) is 1. The van der Waals surface area contributed by atoms with Crippen molar-refractivity contribution >= 4 is 17.6 Å². The summed E-state index contributed by atoms with van der Waals surface area (Å²) in [5.74, 6) is 0.744. The standard InChI is InChI=1S/C21H28ClN3O2/c1-3-26-10-11-27-16-19-8-4-6-17(12-19)14-24-21(23-2)25-15-18-7-5-9-20(22)13-18/h4-9,12-13H,3,10-11,14-16H2,1-2H3,(H2,23,24,25). The van der Waals surface area contributed by atoms with Crippen LogP contribution in [0.5, 0.6) is 0 Å². The van der Waals surface area contributed by atoms with E-state index in [1.165, 1.54) is 5.56 Å². The number of nitrogens with one attached hydrogen (secondary N) is 2. The van der Waals surface area contributed by atoms with Gasteiger partial charge in [0.15, 0.2) is 5.96 Å². The van der Waals surface area contributed by atoms with E-state index in [4.69, 9.17) is 21.1 Å². The molecule has 2 rings (SSSR count). The quantitative estimate of drug-likeness (QED) is 0.369. The molecule has 0 spiro atoms. The Morgan fingerprint density at radius 3 is 2.22 bits per heavy atom. The van der Waals surface area contributed by atoms with Gasteiger partial charge >= 0.3 is 0 Å². The first-order chi connectivity index (χ1) is 13.2. The summed E-state index contributed by atoms with van der Waals surface area (Å²) in [6.07, 6.45) is 0. The molecule has 27 heavy (non-hydrogen) atoms. The molecular formula is C21H28ClN3O2. The molecule has 2 aromatic rings. The number of halogens is 1. The number of guanidine groups is 1. The van der Waals surface area contributed by atoms with Crippen LogP contribution in [0.25, 0.3) is 0 Å². The van der Waals surface area contributed by atoms with Crippen LogP contribution in [0.4, 0.5) is 0 Å².